The van der Waals surface area contributed by atoms with Crippen molar-refractivity contribution in [1.82, 2.24) is 5.32 Å². The second-order valence-corrected chi connectivity index (χ2v) is 10.8. The summed E-state index contributed by atoms with van der Waals surface area (Å²) in [5, 5.41) is 22.6. The van der Waals surface area contributed by atoms with Gasteiger partial charge in [-0.15, -0.1) is 0 Å². The summed E-state index contributed by atoms with van der Waals surface area (Å²) >= 11 is 0. The number of carbonyl (C=O) groups excluding carboxylic acids is 1. The lowest BCUT2D eigenvalue weighted by atomic mass is 10.1. The van der Waals surface area contributed by atoms with E-state index < -0.39 is 12.1 Å². The smallest absolute Gasteiger partial charge is 0.220 e. The third kappa shape index (κ3) is 30.6. The molecule has 2 unspecified atom stereocenters. The highest BCUT2D eigenvalue weighted by molar-refractivity contribution is 5.76. The second kappa shape index (κ2) is 33.8. The van der Waals surface area contributed by atoms with Crippen LogP contribution in [0.25, 0.3) is 0 Å². The summed E-state index contributed by atoms with van der Waals surface area (Å²) in [7, 11) is 0. The van der Waals surface area contributed by atoms with Gasteiger partial charge in [-0.2, -0.15) is 0 Å². The minimum atomic E-state index is -0.865. The van der Waals surface area contributed by atoms with E-state index in [2.05, 4.69) is 104 Å². The molecule has 0 rings (SSSR count). The van der Waals surface area contributed by atoms with Crippen LogP contribution in [-0.4, -0.2) is 34.9 Å². The van der Waals surface area contributed by atoms with Crippen LogP contribution in [0.1, 0.15) is 123 Å². The van der Waals surface area contributed by atoms with Gasteiger partial charge >= 0.3 is 0 Å². The normalized spacial score (nSPS) is 14.4. The van der Waals surface area contributed by atoms with Gasteiger partial charge in [0.15, 0.2) is 0 Å². The van der Waals surface area contributed by atoms with Gasteiger partial charge in [-0.25, -0.2) is 0 Å². The maximum absolute atomic E-state index is 12.2. The molecule has 0 bridgehead atoms. The van der Waals surface area contributed by atoms with E-state index in [9.17, 15) is 15.0 Å². The molecule has 0 saturated heterocycles. The number of aliphatic hydroxyl groups is 2. The molecule has 1 amide bonds. The van der Waals surface area contributed by atoms with Crippen LogP contribution >= 0.6 is 0 Å². The molecule has 0 aliphatic rings. The lowest BCUT2D eigenvalue weighted by molar-refractivity contribution is -0.122. The summed E-state index contributed by atoms with van der Waals surface area (Å²) in [6.45, 7) is 4.09. The molecule has 0 aliphatic carbocycles. The molecular formula is C39H63NO3. The molecule has 3 N–H and O–H groups in total. The van der Waals surface area contributed by atoms with Gasteiger partial charge in [0, 0.05) is 6.42 Å². The highest BCUT2D eigenvalue weighted by atomic mass is 16.3. The predicted molar refractivity (Wildman–Crippen MR) is 188 cm³/mol. The van der Waals surface area contributed by atoms with Gasteiger partial charge in [0.05, 0.1) is 18.8 Å². The van der Waals surface area contributed by atoms with E-state index in [1.165, 1.54) is 32.1 Å². The van der Waals surface area contributed by atoms with Crippen molar-refractivity contribution in [3.05, 3.63) is 97.2 Å². The Kier molecular flexibility index (Phi) is 31.7. The number of hydrogen-bond donors (Lipinski definition) is 3. The minimum absolute atomic E-state index is 0.132. The first-order valence-corrected chi connectivity index (χ1v) is 17.0. The van der Waals surface area contributed by atoms with Gasteiger partial charge in [-0.3, -0.25) is 4.79 Å². The Morgan fingerprint density at radius 1 is 0.581 bits per heavy atom. The quantitative estimate of drug-likeness (QED) is 0.0624. The Balaban J connectivity index is 3.83. The highest BCUT2D eigenvalue weighted by Gasteiger charge is 2.17. The molecule has 0 aromatic carbocycles. The van der Waals surface area contributed by atoms with E-state index >= 15 is 0 Å². The highest BCUT2D eigenvalue weighted by Crippen LogP contribution is 2.08. The number of allylic oxidation sites excluding steroid dienone is 15. The molecule has 0 aromatic heterocycles. The molecule has 0 spiro atoms. The zero-order valence-corrected chi connectivity index (χ0v) is 27.4. The number of amides is 1. The van der Waals surface area contributed by atoms with Crippen LogP contribution in [-0.2, 0) is 4.79 Å². The van der Waals surface area contributed by atoms with Crippen LogP contribution in [0.15, 0.2) is 97.2 Å². The molecule has 0 radical (unpaired) electrons. The van der Waals surface area contributed by atoms with Gasteiger partial charge in [-0.1, -0.05) is 143 Å². The summed E-state index contributed by atoms with van der Waals surface area (Å²) in [6.07, 6.45) is 50.7. The molecule has 0 aromatic rings. The van der Waals surface area contributed by atoms with Crippen molar-refractivity contribution < 1.29 is 15.0 Å². The number of aliphatic hydroxyl groups excluding tert-OH is 2. The van der Waals surface area contributed by atoms with Crippen LogP contribution < -0.4 is 5.32 Å². The summed E-state index contributed by atoms with van der Waals surface area (Å²) in [5.41, 5.74) is 0. The lowest BCUT2D eigenvalue weighted by Crippen LogP contribution is -2.45. The van der Waals surface area contributed by atoms with E-state index in [0.717, 1.165) is 70.6 Å². The molecule has 0 saturated carbocycles. The number of hydrogen-bond acceptors (Lipinski definition) is 3. The molecule has 43 heavy (non-hydrogen) atoms. The topological polar surface area (TPSA) is 69.6 Å². The van der Waals surface area contributed by atoms with Gasteiger partial charge in [0.25, 0.3) is 0 Å². The summed E-state index contributed by atoms with van der Waals surface area (Å²) in [4.78, 5) is 12.2. The maximum atomic E-state index is 12.2. The summed E-state index contributed by atoms with van der Waals surface area (Å²) in [5.74, 6) is -0.132. The third-order valence-electron chi connectivity index (χ3n) is 6.82. The standard InChI is InChI=1S/C39H63NO3/c1-3-5-7-9-11-13-14-15-16-17-18-19-20-21-22-23-24-25-26-27-29-31-33-35-39(43)40-37(36-41)38(42)34-32-30-28-12-10-8-6-4-2/h5,7,11,13,15-16,18-19,21-22,24-25,27,29,32,34,37-38,41-42H,3-4,6,8-10,12,14,17,20,23,26,28,30-31,33,35-36H2,1-2H3,(H,40,43)/b7-5-,13-11-,16-15-,19-18-,22-21-,25-24-,29-27-,34-32+. The molecule has 2 atom stereocenters. The first-order valence-electron chi connectivity index (χ1n) is 17.0. The van der Waals surface area contributed by atoms with Crippen molar-refractivity contribution in [1.29, 1.82) is 0 Å². The van der Waals surface area contributed by atoms with Crippen LogP contribution in [0.3, 0.4) is 0 Å². The van der Waals surface area contributed by atoms with Gasteiger partial charge in [0.1, 0.15) is 0 Å². The molecule has 0 heterocycles. The minimum Gasteiger partial charge on any atom is -0.394 e. The zero-order chi connectivity index (χ0) is 31.5. The summed E-state index contributed by atoms with van der Waals surface area (Å²) < 4.78 is 0. The average molecular weight is 594 g/mol. The SMILES string of the molecule is CC/C=C\C/C=C\C/C=C\C/C=C\C/C=C\C/C=C\C/C=C\CCCC(=O)NC(CO)C(O)/C=C/CCCCCCCC. The number of nitrogens with one attached hydrogen (secondary N) is 1. The Hall–Kier alpha value is -2.69. The van der Waals surface area contributed by atoms with E-state index in [0.29, 0.717) is 6.42 Å². The van der Waals surface area contributed by atoms with Gasteiger partial charge in [-0.05, 0) is 70.6 Å². The first-order chi connectivity index (χ1) is 21.2. The van der Waals surface area contributed by atoms with E-state index in [4.69, 9.17) is 0 Å². The average Bonchev–Trinajstić information content (AvgIpc) is 3.01. The maximum Gasteiger partial charge on any atom is 0.220 e. The molecule has 0 aliphatic heterocycles. The van der Waals surface area contributed by atoms with Gasteiger partial charge in [0.2, 0.25) is 5.91 Å². The van der Waals surface area contributed by atoms with Crippen LogP contribution in [0.2, 0.25) is 0 Å². The third-order valence-corrected chi connectivity index (χ3v) is 6.82. The van der Waals surface area contributed by atoms with Crippen molar-refractivity contribution in [2.24, 2.45) is 0 Å². The van der Waals surface area contributed by atoms with E-state index in [-0.39, 0.29) is 12.5 Å². The number of carbonyl (C=O) groups is 1. The number of rotatable bonds is 28. The molecule has 4 nitrogen and oxygen atoms in total. The second-order valence-electron chi connectivity index (χ2n) is 10.8. The predicted octanol–water partition coefficient (Wildman–Crippen LogP) is 9.95. The molecule has 0 fully saturated rings. The monoisotopic (exact) mass is 593 g/mol. The van der Waals surface area contributed by atoms with Crippen LogP contribution in [0.4, 0.5) is 0 Å². The van der Waals surface area contributed by atoms with Crippen molar-refractivity contribution in [2.75, 3.05) is 6.61 Å². The first kappa shape index (κ1) is 40.3. The van der Waals surface area contributed by atoms with E-state index in [1.807, 2.05) is 6.08 Å². The largest absolute Gasteiger partial charge is 0.394 e. The van der Waals surface area contributed by atoms with Crippen LogP contribution in [0.5, 0.6) is 0 Å². The Morgan fingerprint density at radius 3 is 1.51 bits per heavy atom. The van der Waals surface area contributed by atoms with Crippen molar-refractivity contribution >= 4 is 5.91 Å². The molecule has 4 heteroatoms. The summed E-state index contributed by atoms with van der Waals surface area (Å²) in [6, 6.07) is -0.656. The zero-order valence-electron chi connectivity index (χ0n) is 27.4. The van der Waals surface area contributed by atoms with Crippen molar-refractivity contribution in [2.45, 2.75) is 135 Å². The van der Waals surface area contributed by atoms with Crippen LogP contribution in [0, 0.1) is 0 Å². The van der Waals surface area contributed by atoms with E-state index in [1.54, 1.807) is 6.08 Å². The Morgan fingerprint density at radius 2 is 1.02 bits per heavy atom. The Labute approximate surface area is 264 Å². The fourth-order valence-corrected chi connectivity index (χ4v) is 4.22. The lowest BCUT2D eigenvalue weighted by Gasteiger charge is -2.19. The van der Waals surface area contributed by atoms with Crippen molar-refractivity contribution in [3.63, 3.8) is 0 Å². The fourth-order valence-electron chi connectivity index (χ4n) is 4.22. The van der Waals surface area contributed by atoms with Crippen molar-refractivity contribution in [3.8, 4) is 0 Å². The molecular weight excluding hydrogens is 530 g/mol. The Bertz CT molecular complexity index is 860. The van der Waals surface area contributed by atoms with Gasteiger partial charge < -0.3 is 15.5 Å². The fraction of sp³-hybridized carbons (Fsp3) is 0.564. The number of unbranched alkanes of at least 4 members (excludes halogenated alkanes) is 7. The molecule has 242 valence electrons.